The van der Waals surface area contributed by atoms with E-state index in [9.17, 15) is 0 Å². The van der Waals surface area contributed by atoms with Crippen molar-refractivity contribution < 1.29 is 0 Å². The van der Waals surface area contributed by atoms with Crippen molar-refractivity contribution in [2.45, 2.75) is 23.6 Å². The molecule has 0 bridgehead atoms. The van der Waals surface area contributed by atoms with Gasteiger partial charge in [-0.3, -0.25) is 0 Å². The second kappa shape index (κ2) is 5.01. The van der Waals surface area contributed by atoms with Gasteiger partial charge in [-0.1, -0.05) is 59.6 Å². The van der Waals surface area contributed by atoms with Gasteiger partial charge in [0.1, 0.15) is 0 Å². The Hall–Kier alpha value is -0.690. The van der Waals surface area contributed by atoms with E-state index in [-0.39, 0.29) is 10.8 Å². The maximum atomic E-state index is 6.72. The Labute approximate surface area is 128 Å². The number of hydrogen-bond donors (Lipinski definition) is 0. The summed E-state index contributed by atoms with van der Waals surface area (Å²) >= 11 is 18.8. The predicted molar refractivity (Wildman–Crippen MR) is 82.4 cm³/mol. The summed E-state index contributed by atoms with van der Waals surface area (Å²) < 4.78 is 0. The minimum absolute atomic E-state index is 0.0555. The Morgan fingerprint density at radius 1 is 0.895 bits per heavy atom. The van der Waals surface area contributed by atoms with Gasteiger partial charge in [0.15, 0.2) is 0 Å². The Morgan fingerprint density at radius 2 is 1.58 bits per heavy atom. The number of benzene rings is 2. The van der Waals surface area contributed by atoms with E-state index in [1.807, 2.05) is 24.3 Å². The van der Waals surface area contributed by atoms with Crippen LogP contribution in [0.3, 0.4) is 0 Å². The lowest BCUT2D eigenvalue weighted by Gasteiger charge is -2.22. The van der Waals surface area contributed by atoms with Crippen LogP contribution in [0, 0.1) is 0 Å². The minimum atomic E-state index is -0.0651. The first-order valence-electron chi connectivity index (χ1n) is 6.28. The van der Waals surface area contributed by atoms with Crippen molar-refractivity contribution in [3.8, 4) is 0 Å². The highest BCUT2D eigenvalue weighted by Gasteiger charge is 2.50. The molecule has 1 aliphatic carbocycles. The molecule has 0 N–H and O–H groups in total. The van der Waals surface area contributed by atoms with E-state index in [1.54, 1.807) is 0 Å². The Bertz CT molecular complexity index is 588. The van der Waals surface area contributed by atoms with Crippen LogP contribution in [-0.4, -0.2) is 0 Å². The molecule has 0 spiro atoms. The molecule has 0 heterocycles. The zero-order valence-corrected chi connectivity index (χ0v) is 12.5. The first-order valence-corrected chi connectivity index (χ1v) is 7.47. The van der Waals surface area contributed by atoms with Crippen molar-refractivity contribution in [2.24, 2.45) is 0 Å². The molecule has 3 rings (SSSR count). The molecule has 1 aliphatic rings. The Morgan fingerprint density at radius 3 is 2.16 bits per heavy atom. The van der Waals surface area contributed by atoms with Crippen LogP contribution in [0.4, 0.5) is 0 Å². The standard InChI is InChI=1S/C16H13Cl3/c17-13-7-6-11(10-14(13)18)15(19)16(8-9-16)12-4-2-1-3-5-12/h1-7,10,15H,8-9H2. The molecule has 98 valence electrons. The van der Waals surface area contributed by atoms with Crippen LogP contribution in [0.15, 0.2) is 48.5 Å². The molecular formula is C16H13Cl3. The fourth-order valence-electron chi connectivity index (χ4n) is 2.58. The van der Waals surface area contributed by atoms with Crippen LogP contribution in [0.1, 0.15) is 29.3 Å². The molecule has 0 amide bonds. The van der Waals surface area contributed by atoms with Crippen molar-refractivity contribution in [2.75, 3.05) is 0 Å². The summed E-state index contributed by atoms with van der Waals surface area (Å²) in [4.78, 5) is 0. The summed E-state index contributed by atoms with van der Waals surface area (Å²) in [7, 11) is 0. The third-order valence-electron chi connectivity index (χ3n) is 3.86. The molecule has 1 unspecified atom stereocenters. The summed E-state index contributed by atoms with van der Waals surface area (Å²) in [5, 5.41) is 1.07. The van der Waals surface area contributed by atoms with Crippen molar-refractivity contribution in [3.05, 3.63) is 69.7 Å². The zero-order valence-electron chi connectivity index (χ0n) is 10.2. The molecule has 0 aliphatic heterocycles. The maximum absolute atomic E-state index is 6.72. The number of hydrogen-bond acceptors (Lipinski definition) is 0. The first-order chi connectivity index (χ1) is 9.13. The molecule has 2 aromatic rings. The molecule has 2 aromatic carbocycles. The van der Waals surface area contributed by atoms with Gasteiger partial charge in [-0.05, 0) is 36.1 Å². The largest absolute Gasteiger partial charge is 0.117 e. The van der Waals surface area contributed by atoms with Gasteiger partial charge in [-0.25, -0.2) is 0 Å². The van der Waals surface area contributed by atoms with Crippen molar-refractivity contribution in [1.29, 1.82) is 0 Å². The lowest BCUT2D eigenvalue weighted by atomic mass is 9.88. The van der Waals surface area contributed by atoms with Gasteiger partial charge >= 0.3 is 0 Å². The van der Waals surface area contributed by atoms with E-state index in [0.717, 1.165) is 18.4 Å². The van der Waals surface area contributed by atoms with Gasteiger partial charge in [0.05, 0.1) is 15.4 Å². The fourth-order valence-corrected chi connectivity index (χ4v) is 3.37. The third-order valence-corrected chi connectivity index (χ3v) is 5.27. The van der Waals surface area contributed by atoms with E-state index < -0.39 is 0 Å². The third kappa shape index (κ3) is 2.38. The molecule has 0 saturated heterocycles. The predicted octanol–water partition coefficient (Wildman–Crippen LogP) is 6.01. The molecule has 0 aromatic heterocycles. The average Bonchev–Trinajstić information content (AvgIpc) is 3.24. The fraction of sp³-hybridized carbons (Fsp3) is 0.250. The SMILES string of the molecule is Clc1ccc(C(Cl)C2(c3ccccc3)CC2)cc1Cl. The first kappa shape index (κ1) is 13.3. The van der Waals surface area contributed by atoms with E-state index in [1.165, 1.54) is 5.56 Å². The van der Waals surface area contributed by atoms with E-state index in [0.29, 0.717) is 10.0 Å². The summed E-state index contributed by atoms with van der Waals surface area (Å²) in [5.41, 5.74) is 2.40. The normalized spacial score (nSPS) is 18.1. The van der Waals surface area contributed by atoms with E-state index >= 15 is 0 Å². The molecule has 0 nitrogen and oxygen atoms in total. The summed E-state index contributed by atoms with van der Waals surface area (Å²) in [6.07, 6.45) is 2.23. The van der Waals surface area contributed by atoms with Gasteiger partial charge in [-0.15, -0.1) is 11.6 Å². The van der Waals surface area contributed by atoms with Crippen LogP contribution in [0.25, 0.3) is 0 Å². The van der Waals surface area contributed by atoms with Crippen LogP contribution < -0.4 is 0 Å². The lowest BCUT2D eigenvalue weighted by Crippen LogP contribution is -2.14. The second-order valence-corrected chi connectivity index (χ2v) is 6.31. The van der Waals surface area contributed by atoms with Crippen molar-refractivity contribution in [1.82, 2.24) is 0 Å². The molecule has 3 heteroatoms. The van der Waals surface area contributed by atoms with Gasteiger partial charge in [0.25, 0.3) is 0 Å². The molecule has 1 atom stereocenters. The van der Waals surface area contributed by atoms with Crippen molar-refractivity contribution >= 4 is 34.8 Å². The Kier molecular flexibility index (Phi) is 3.51. The van der Waals surface area contributed by atoms with Gasteiger partial charge in [0.2, 0.25) is 0 Å². The van der Waals surface area contributed by atoms with Crippen molar-refractivity contribution in [3.63, 3.8) is 0 Å². The molecule has 19 heavy (non-hydrogen) atoms. The van der Waals surface area contributed by atoms with Gasteiger partial charge in [-0.2, -0.15) is 0 Å². The molecule has 0 radical (unpaired) electrons. The summed E-state index contributed by atoms with van der Waals surface area (Å²) in [5.74, 6) is 0. The van der Waals surface area contributed by atoms with Gasteiger partial charge < -0.3 is 0 Å². The summed E-state index contributed by atoms with van der Waals surface area (Å²) in [6.45, 7) is 0. The second-order valence-electron chi connectivity index (χ2n) is 5.06. The highest BCUT2D eigenvalue weighted by molar-refractivity contribution is 6.42. The number of rotatable bonds is 3. The van der Waals surface area contributed by atoms with Gasteiger partial charge in [0, 0.05) is 5.41 Å². The van der Waals surface area contributed by atoms with Crippen LogP contribution in [0.2, 0.25) is 10.0 Å². The quantitative estimate of drug-likeness (QED) is 0.609. The smallest absolute Gasteiger partial charge is 0.0682 e. The van der Waals surface area contributed by atoms with Crippen LogP contribution in [-0.2, 0) is 5.41 Å². The van der Waals surface area contributed by atoms with E-state index in [4.69, 9.17) is 34.8 Å². The zero-order chi connectivity index (χ0) is 13.5. The van der Waals surface area contributed by atoms with E-state index in [2.05, 4.69) is 24.3 Å². The molecule has 1 saturated carbocycles. The van der Waals surface area contributed by atoms with Crippen LogP contribution >= 0.6 is 34.8 Å². The minimum Gasteiger partial charge on any atom is -0.117 e. The number of alkyl halides is 1. The highest BCUT2D eigenvalue weighted by atomic mass is 35.5. The highest BCUT2D eigenvalue weighted by Crippen LogP contribution is 2.59. The lowest BCUT2D eigenvalue weighted by molar-refractivity contribution is 0.662. The van der Waals surface area contributed by atoms with Crippen LogP contribution in [0.5, 0.6) is 0 Å². The maximum Gasteiger partial charge on any atom is 0.0682 e. The molecule has 1 fully saturated rings. The topological polar surface area (TPSA) is 0 Å². The summed E-state index contributed by atoms with van der Waals surface area (Å²) in [6, 6.07) is 16.1. The Balaban J connectivity index is 1.96. The molecular weight excluding hydrogens is 299 g/mol. The average molecular weight is 312 g/mol. The monoisotopic (exact) mass is 310 g/mol. The number of halogens is 3.